The Bertz CT molecular complexity index is 1020. The quantitative estimate of drug-likeness (QED) is 0.483. The normalized spacial score (nSPS) is 16.0. The van der Waals surface area contributed by atoms with Gasteiger partial charge in [0.25, 0.3) is 0 Å². The van der Waals surface area contributed by atoms with E-state index in [1.807, 2.05) is 28.8 Å². The molecule has 1 aliphatic rings. The lowest BCUT2D eigenvalue weighted by molar-refractivity contribution is -0.113. The third-order valence-electron chi connectivity index (χ3n) is 4.67. The Labute approximate surface area is 186 Å². The minimum atomic E-state index is -0.303. The number of halogens is 2. The predicted molar refractivity (Wildman–Crippen MR) is 118 cm³/mol. The number of hydrogen-bond donors (Lipinski definition) is 1. The van der Waals surface area contributed by atoms with E-state index in [1.165, 1.54) is 23.9 Å². The molecule has 1 aliphatic heterocycles. The summed E-state index contributed by atoms with van der Waals surface area (Å²) in [6.45, 7) is 1.34. The molecule has 3 aromatic rings. The first-order valence-electron chi connectivity index (χ1n) is 9.57. The first-order valence-corrected chi connectivity index (χ1v) is 11.4. The van der Waals surface area contributed by atoms with Gasteiger partial charge >= 0.3 is 0 Å². The highest BCUT2D eigenvalue weighted by Gasteiger charge is 2.22. The van der Waals surface area contributed by atoms with Crippen molar-refractivity contribution >= 4 is 39.3 Å². The Balaban J connectivity index is 1.50. The maximum Gasteiger partial charge on any atom is 0.234 e. The zero-order chi connectivity index (χ0) is 20.9. The van der Waals surface area contributed by atoms with Crippen molar-refractivity contribution < 1.29 is 13.9 Å². The van der Waals surface area contributed by atoms with Crippen LogP contribution in [0, 0.1) is 5.82 Å². The van der Waals surface area contributed by atoms with Gasteiger partial charge in [0.15, 0.2) is 11.0 Å². The number of amides is 1. The summed E-state index contributed by atoms with van der Waals surface area (Å²) in [5.74, 6) is 0.399. The van der Waals surface area contributed by atoms with Crippen molar-refractivity contribution in [2.75, 3.05) is 17.7 Å². The first-order chi connectivity index (χ1) is 14.6. The van der Waals surface area contributed by atoms with Gasteiger partial charge < -0.3 is 10.1 Å². The number of aromatic nitrogens is 3. The molecule has 1 saturated heterocycles. The van der Waals surface area contributed by atoms with Crippen LogP contribution < -0.4 is 5.32 Å². The average Bonchev–Trinajstić information content (AvgIpc) is 3.38. The van der Waals surface area contributed by atoms with Crippen molar-refractivity contribution in [2.45, 2.75) is 30.6 Å². The Kier molecular flexibility index (Phi) is 6.81. The molecule has 1 aromatic heterocycles. The zero-order valence-electron chi connectivity index (χ0n) is 16.1. The summed E-state index contributed by atoms with van der Waals surface area (Å²) in [6, 6.07) is 13.6. The lowest BCUT2D eigenvalue weighted by atomic mass is 10.2. The van der Waals surface area contributed by atoms with Crippen LogP contribution in [0.5, 0.6) is 0 Å². The molecule has 1 amide bonds. The monoisotopic (exact) mass is 490 g/mol. The number of anilines is 1. The molecule has 30 heavy (non-hydrogen) atoms. The van der Waals surface area contributed by atoms with Crippen LogP contribution in [0.1, 0.15) is 12.8 Å². The minimum absolute atomic E-state index is 0.0787. The van der Waals surface area contributed by atoms with E-state index in [-0.39, 0.29) is 23.6 Å². The fourth-order valence-corrected chi connectivity index (χ4v) is 4.40. The average molecular weight is 491 g/mol. The summed E-state index contributed by atoms with van der Waals surface area (Å²) < 4.78 is 22.0. The van der Waals surface area contributed by atoms with Crippen molar-refractivity contribution in [3.8, 4) is 11.4 Å². The number of rotatable bonds is 7. The Morgan fingerprint density at radius 1 is 1.27 bits per heavy atom. The first kappa shape index (κ1) is 21.0. The van der Waals surface area contributed by atoms with Crippen LogP contribution in [0.15, 0.2) is 58.2 Å². The summed E-state index contributed by atoms with van der Waals surface area (Å²) in [4.78, 5) is 12.4. The fourth-order valence-electron chi connectivity index (χ4n) is 3.26. The molecule has 1 unspecified atom stereocenters. The Morgan fingerprint density at radius 2 is 2.10 bits per heavy atom. The Hall–Kier alpha value is -2.23. The van der Waals surface area contributed by atoms with Crippen LogP contribution in [0.4, 0.5) is 10.1 Å². The van der Waals surface area contributed by atoms with Crippen LogP contribution in [0.3, 0.4) is 0 Å². The summed E-state index contributed by atoms with van der Waals surface area (Å²) in [7, 11) is 0. The van der Waals surface area contributed by atoms with E-state index in [0.717, 1.165) is 35.2 Å². The molecule has 1 fully saturated rings. The van der Waals surface area contributed by atoms with Gasteiger partial charge in [0.05, 0.1) is 18.4 Å². The van der Waals surface area contributed by atoms with Crippen LogP contribution in [0.2, 0.25) is 0 Å². The van der Waals surface area contributed by atoms with Crippen LogP contribution in [-0.2, 0) is 16.1 Å². The molecule has 9 heteroatoms. The van der Waals surface area contributed by atoms with Gasteiger partial charge in [-0.05, 0) is 55.3 Å². The molecule has 4 rings (SSSR count). The zero-order valence-corrected chi connectivity index (χ0v) is 18.5. The van der Waals surface area contributed by atoms with Crippen LogP contribution in [0.25, 0.3) is 11.4 Å². The van der Waals surface area contributed by atoms with Gasteiger partial charge in [-0.1, -0.05) is 33.8 Å². The van der Waals surface area contributed by atoms with Crippen molar-refractivity contribution in [1.29, 1.82) is 0 Å². The van der Waals surface area contributed by atoms with Crippen molar-refractivity contribution in [1.82, 2.24) is 14.8 Å². The summed E-state index contributed by atoms with van der Waals surface area (Å²) in [6.07, 6.45) is 2.07. The molecule has 0 bridgehead atoms. The summed E-state index contributed by atoms with van der Waals surface area (Å²) in [5.41, 5.74) is 1.50. The molecule has 1 atom stereocenters. The highest BCUT2D eigenvalue weighted by Crippen LogP contribution is 2.27. The van der Waals surface area contributed by atoms with Gasteiger partial charge in [0.2, 0.25) is 5.91 Å². The largest absolute Gasteiger partial charge is 0.376 e. The second-order valence-electron chi connectivity index (χ2n) is 6.91. The molecule has 0 spiro atoms. The van der Waals surface area contributed by atoms with Gasteiger partial charge in [-0.25, -0.2) is 4.39 Å². The van der Waals surface area contributed by atoms with E-state index in [1.54, 1.807) is 12.1 Å². The number of carbonyl (C=O) groups excluding carboxylic acids is 1. The number of carbonyl (C=O) groups is 1. The second-order valence-corrected chi connectivity index (χ2v) is 8.76. The van der Waals surface area contributed by atoms with Gasteiger partial charge in [-0.15, -0.1) is 10.2 Å². The Morgan fingerprint density at radius 3 is 2.83 bits per heavy atom. The maximum absolute atomic E-state index is 13.3. The number of hydrogen-bond acceptors (Lipinski definition) is 5. The van der Waals surface area contributed by atoms with E-state index in [4.69, 9.17) is 4.74 Å². The predicted octanol–water partition coefficient (Wildman–Crippen LogP) is 4.76. The lowest BCUT2D eigenvalue weighted by Gasteiger charge is -2.14. The van der Waals surface area contributed by atoms with Crippen LogP contribution >= 0.6 is 27.7 Å². The number of nitrogens with zero attached hydrogens (tertiary/aromatic N) is 3. The summed E-state index contributed by atoms with van der Waals surface area (Å²) in [5, 5.41) is 12.1. The van der Waals surface area contributed by atoms with Crippen molar-refractivity contribution in [3.05, 3.63) is 58.8 Å². The van der Waals surface area contributed by atoms with E-state index >= 15 is 0 Å². The van der Waals surface area contributed by atoms with Crippen molar-refractivity contribution in [2.24, 2.45) is 0 Å². The topological polar surface area (TPSA) is 69.0 Å². The highest BCUT2D eigenvalue weighted by atomic mass is 79.9. The number of nitrogens with one attached hydrogen (secondary N) is 1. The van der Waals surface area contributed by atoms with E-state index in [9.17, 15) is 9.18 Å². The van der Waals surface area contributed by atoms with E-state index in [2.05, 4.69) is 31.4 Å². The second kappa shape index (κ2) is 9.72. The molecule has 1 N–H and O–H groups in total. The lowest BCUT2D eigenvalue weighted by Crippen LogP contribution is -2.18. The maximum atomic E-state index is 13.3. The smallest absolute Gasteiger partial charge is 0.234 e. The summed E-state index contributed by atoms with van der Waals surface area (Å²) >= 11 is 4.71. The molecule has 2 aromatic carbocycles. The van der Waals surface area contributed by atoms with Gasteiger partial charge in [0, 0.05) is 22.3 Å². The fraction of sp³-hybridized carbons (Fsp3) is 0.286. The SMILES string of the molecule is O=C(CSc1nnc(-c2ccc(F)cc2)n1CC1CCCO1)Nc1cccc(Br)c1. The van der Waals surface area contributed by atoms with Crippen molar-refractivity contribution in [3.63, 3.8) is 0 Å². The van der Waals surface area contributed by atoms with Gasteiger partial charge in [-0.3, -0.25) is 9.36 Å². The minimum Gasteiger partial charge on any atom is -0.376 e. The number of benzene rings is 2. The molecule has 0 saturated carbocycles. The van der Waals surface area contributed by atoms with Gasteiger partial charge in [-0.2, -0.15) is 0 Å². The van der Waals surface area contributed by atoms with Crippen LogP contribution in [-0.4, -0.2) is 39.1 Å². The third-order valence-corrected chi connectivity index (χ3v) is 6.13. The molecule has 2 heterocycles. The molecule has 0 radical (unpaired) electrons. The molecular formula is C21H20BrFN4O2S. The van der Waals surface area contributed by atoms with Gasteiger partial charge in [0.1, 0.15) is 5.82 Å². The number of ether oxygens (including phenoxy) is 1. The third kappa shape index (κ3) is 5.27. The molecule has 0 aliphatic carbocycles. The molecule has 156 valence electrons. The molecular weight excluding hydrogens is 471 g/mol. The van der Waals surface area contributed by atoms with E-state index in [0.29, 0.717) is 17.5 Å². The highest BCUT2D eigenvalue weighted by molar-refractivity contribution is 9.10. The number of thioether (sulfide) groups is 1. The van der Waals surface area contributed by atoms with E-state index < -0.39 is 0 Å². The standard InChI is InChI=1S/C21H20BrFN4O2S/c22-15-3-1-4-17(11-15)24-19(28)13-30-21-26-25-20(14-6-8-16(23)9-7-14)27(21)12-18-5-2-10-29-18/h1,3-4,6-9,11,18H,2,5,10,12-13H2,(H,24,28). The molecule has 6 nitrogen and oxygen atoms in total.